The number of benzene rings is 1. The minimum atomic E-state index is -0.125. The first kappa shape index (κ1) is 15.5. The summed E-state index contributed by atoms with van der Waals surface area (Å²) in [7, 11) is 3.95. The molecule has 0 aromatic heterocycles. The summed E-state index contributed by atoms with van der Waals surface area (Å²) in [6.07, 6.45) is 0. The molecule has 1 aromatic rings. The molecular formula is C14H23N3O2. The van der Waals surface area contributed by atoms with Crippen molar-refractivity contribution in [1.29, 1.82) is 0 Å². The van der Waals surface area contributed by atoms with E-state index in [9.17, 15) is 4.79 Å². The number of amides is 1. The van der Waals surface area contributed by atoms with Gasteiger partial charge < -0.3 is 20.7 Å². The van der Waals surface area contributed by atoms with Crippen molar-refractivity contribution >= 4 is 5.91 Å². The van der Waals surface area contributed by atoms with Crippen LogP contribution in [0.15, 0.2) is 24.3 Å². The number of para-hydroxylation sites is 1. The van der Waals surface area contributed by atoms with Crippen molar-refractivity contribution < 1.29 is 9.53 Å². The smallest absolute Gasteiger partial charge is 0.257 e. The average molecular weight is 265 g/mol. The lowest BCUT2D eigenvalue weighted by molar-refractivity contribution is -0.123. The van der Waals surface area contributed by atoms with Gasteiger partial charge in [0.1, 0.15) is 5.75 Å². The maximum atomic E-state index is 11.7. The number of nitrogens with two attached hydrogens (primary N) is 1. The van der Waals surface area contributed by atoms with E-state index in [1.54, 1.807) is 0 Å². The number of rotatable bonds is 7. The summed E-state index contributed by atoms with van der Waals surface area (Å²) in [5, 5.41) is 2.83. The molecule has 0 aliphatic rings. The standard InChI is InChI=1S/C14H23N3O2/c1-11(17(2)3)9-16-14(18)10-19-13-7-5-4-6-12(13)8-15/h4-7,11H,8-10,15H2,1-3H3,(H,16,18). The predicted molar refractivity (Wildman–Crippen MR) is 76.0 cm³/mol. The number of carbonyl (C=O) groups excluding carboxylic acids is 1. The number of ether oxygens (including phenoxy) is 1. The van der Waals surface area contributed by atoms with E-state index in [-0.39, 0.29) is 12.5 Å². The van der Waals surface area contributed by atoms with Gasteiger partial charge in [-0.2, -0.15) is 0 Å². The number of hydrogen-bond acceptors (Lipinski definition) is 4. The highest BCUT2D eigenvalue weighted by molar-refractivity contribution is 5.77. The van der Waals surface area contributed by atoms with E-state index in [0.29, 0.717) is 24.9 Å². The van der Waals surface area contributed by atoms with E-state index in [2.05, 4.69) is 5.32 Å². The molecule has 0 aliphatic heterocycles. The molecule has 0 aliphatic carbocycles. The minimum absolute atomic E-state index is 0.0111. The van der Waals surface area contributed by atoms with Gasteiger partial charge in [-0.25, -0.2) is 0 Å². The van der Waals surface area contributed by atoms with E-state index in [1.807, 2.05) is 50.2 Å². The Morgan fingerprint density at radius 3 is 2.74 bits per heavy atom. The van der Waals surface area contributed by atoms with Crippen molar-refractivity contribution in [1.82, 2.24) is 10.2 Å². The van der Waals surface area contributed by atoms with Crippen molar-refractivity contribution in [2.45, 2.75) is 19.5 Å². The number of likely N-dealkylation sites (N-methyl/N-ethyl adjacent to an activating group) is 1. The van der Waals surface area contributed by atoms with Crippen LogP contribution in [0.25, 0.3) is 0 Å². The molecule has 0 radical (unpaired) electrons. The molecule has 5 heteroatoms. The fourth-order valence-corrected chi connectivity index (χ4v) is 1.45. The molecule has 1 amide bonds. The van der Waals surface area contributed by atoms with E-state index in [0.717, 1.165) is 5.56 Å². The highest BCUT2D eigenvalue weighted by Crippen LogP contribution is 2.16. The third-order valence-corrected chi connectivity index (χ3v) is 3.03. The largest absolute Gasteiger partial charge is 0.483 e. The molecule has 1 unspecified atom stereocenters. The lowest BCUT2D eigenvalue weighted by Gasteiger charge is -2.20. The van der Waals surface area contributed by atoms with Gasteiger partial charge in [0.25, 0.3) is 5.91 Å². The molecule has 0 saturated carbocycles. The van der Waals surface area contributed by atoms with Gasteiger partial charge in [-0.3, -0.25) is 4.79 Å². The number of carbonyl (C=O) groups is 1. The van der Waals surface area contributed by atoms with Crippen LogP contribution in [0.1, 0.15) is 12.5 Å². The lowest BCUT2D eigenvalue weighted by Crippen LogP contribution is -2.40. The van der Waals surface area contributed by atoms with Crippen molar-refractivity contribution in [2.24, 2.45) is 5.73 Å². The Hall–Kier alpha value is -1.59. The molecule has 0 heterocycles. The molecular weight excluding hydrogens is 242 g/mol. The molecule has 3 N–H and O–H groups in total. The molecule has 0 fully saturated rings. The Balaban J connectivity index is 2.38. The predicted octanol–water partition coefficient (Wildman–Crippen LogP) is 0.590. The molecule has 106 valence electrons. The fourth-order valence-electron chi connectivity index (χ4n) is 1.45. The van der Waals surface area contributed by atoms with Crippen LogP contribution >= 0.6 is 0 Å². The van der Waals surface area contributed by atoms with Crippen LogP contribution < -0.4 is 15.8 Å². The van der Waals surface area contributed by atoms with E-state index >= 15 is 0 Å². The zero-order chi connectivity index (χ0) is 14.3. The van der Waals surface area contributed by atoms with E-state index in [4.69, 9.17) is 10.5 Å². The Morgan fingerprint density at radius 2 is 2.11 bits per heavy atom. The van der Waals surface area contributed by atoms with E-state index in [1.165, 1.54) is 0 Å². The normalized spacial score (nSPS) is 12.3. The van der Waals surface area contributed by atoms with Gasteiger partial charge >= 0.3 is 0 Å². The monoisotopic (exact) mass is 265 g/mol. The Bertz CT molecular complexity index is 407. The zero-order valence-corrected chi connectivity index (χ0v) is 11.8. The summed E-state index contributed by atoms with van der Waals surface area (Å²) in [5.74, 6) is 0.543. The van der Waals surface area contributed by atoms with Gasteiger partial charge in [0.05, 0.1) is 0 Å². The summed E-state index contributed by atoms with van der Waals surface area (Å²) in [4.78, 5) is 13.7. The van der Waals surface area contributed by atoms with Crippen molar-refractivity contribution in [3.05, 3.63) is 29.8 Å². The SMILES string of the molecule is CC(CNC(=O)COc1ccccc1CN)N(C)C. The summed E-state index contributed by atoms with van der Waals surface area (Å²) in [6.45, 7) is 3.06. The van der Waals surface area contributed by atoms with Gasteiger partial charge in [0.2, 0.25) is 0 Å². The van der Waals surface area contributed by atoms with Crippen molar-refractivity contribution in [2.75, 3.05) is 27.2 Å². The number of nitrogens with zero attached hydrogens (tertiary/aromatic N) is 1. The summed E-state index contributed by atoms with van der Waals surface area (Å²) >= 11 is 0. The molecule has 0 saturated heterocycles. The third-order valence-electron chi connectivity index (χ3n) is 3.03. The average Bonchev–Trinajstić information content (AvgIpc) is 2.42. The van der Waals surface area contributed by atoms with Crippen LogP contribution in [0.5, 0.6) is 5.75 Å². The molecule has 0 spiro atoms. The van der Waals surface area contributed by atoms with Gasteiger partial charge in [0.15, 0.2) is 6.61 Å². The van der Waals surface area contributed by atoms with Crippen LogP contribution in [0.2, 0.25) is 0 Å². The molecule has 1 atom stereocenters. The fraction of sp³-hybridized carbons (Fsp3) is 0.500. The number of nitrogens with one attached hydrogen (secondary N) is 1. The first-order chi connectivity index (χ1) is 9.04. The van der Waals surface area contributed by atoms with Crippen molar-refractivity contribution in [3.63, 3.8) is 0 Å². The lowest BCUT2D eigenvalue weighted by atomic mass is 10.2. The van der Waals surface area contributed by atoms with Crippen LogP contribution in [-0.4, -0.2) is 44.1 Å². The first-order valence-corrected chi connectivity index (χ1v) is 6.38. The van der Waals surface area contributed by atoms with Gasteiger partial charge in [-0.1, -0.05) is 18.2 Å². The van der Waals surface area contributed by atoms with Crippen LogP contribution in [0.3, 0.4) is 0 Å². The molecule has 1 rings (SSSR count). The maximum Gasteiger partial charge on any atom is 0.257 e. The first-order valence-electron chi connectivity index (χ1n) is 6.38. The quantitative estimate of drug-likeness (QED) is 0.757. The van der Waals surface area contributed by atoms with Crippen molar-refractivity contribution in [3.8, 4) is 5.75 Å². The molecule has 5 nitrogen and oxygen atoms in total. The highest BCUT2D eigenvalue weighted by Gasteiger charge is 2.08. The Labute approximate surface area is 114 Å². The molecule has 0 bridgehead atoms. The van der Waals surface area contributed by atoms with Gasteiger partial charge in [0, 0.05) is 24.7 Å². The zero-order valence-electron chi connectivity index (χ0n) is 11.8. The second-order valence-electron chi connectivity index (χ2n) is 4.72. The summed E-state index contributed by atoms with van der Waals surface area (Å²) in [5.41, 5.74) is 6.50. The second-order valence-corrected chi connectivity index (χ2v) is 4.72. The van der Waals surface area contributed by atoms with E-state index < -0.39 is 0 Å². The topological polar surface area (TPSA) is 67.6 Å². The van der Waals surface area contributed by atoms with Gasteiger partial charge in [-0.15, -0.1) is 0 Å². The molecule has 19 heavy (non-hydrogen) atoms. The number of hydrogen-bond donors (Lipinski definition) is 2. The van der Waals surface area contributed by atoms with Crippen LogP contribution in [0, 0.1) is 0 Å². The van der Waals surface area contributed by atoms with Crippen LogP contribution in [-0.2, 0) is 11.3 Å². The minimum Gasteiger partial charge on any atom is -0.483 e. The second kappa shape index (κ2) is 7.76. The summed E-state index contributed by atoms with van der Waals surface area (Å²) < 4.78 is 5.48. The highest BCUT2D eigenvalue weighted by atomic mass is 16.5. The van der Waals surface area contributed by atoms with Crippen LogP contribution in [0.4, 0.5) is 0 Å². The Morgan fingerprint density at radius 1 is 1.42 bits per heavy atom. The third kappa shape index (κ3) is 5.28. The molecule has 1 aromatic carbocycles. The maximum absolute atomic E-state index is 11.7. The van der Waals surface area contributed by atoms with Gasteiger partial charge in [-0.05, 0) is 27.1 Å². The summed E-state index contributed by atoms with van der Waals surface area (Å²) in [6, 6.07) is 7.76. The Kier molecular flexibility index (Phi) is 6.32.